The van der Waals surface area contributed by atoms with Crippen molar-refractivity contribution in [3.63, 3.8) is 0 Å². The average molecular weight is 307 g/mol. The normalized spacial score (nSPS) is 10.6. The van der Waals surface area contributed by atoms with E-state index in [2.05, 4.69) is 0 Å². The zero-order valence-corrected chi connectivity index (χ0v) is 10.8. The maximum absolute atomic E-state index is 11.5. The van der Waals surface area contributed by atoms with Gasteiger partial charge >= 0.3 is 11.7 Å². The van der Waals surface area contributed by atoms with Gasteiger partial charge in [0, 0.05) is 6.07 Å². The highest BCUT2D eigenvalue weighted by molar-refractivity contribution is 6.02. The highest BCUT2D eigenvalue weighted by Crippen LogP contribution is 2.36. The summed E-state index contributed by atoms with van der Waals surface area (Å²) in [7, 11) is 0. The van der Waals surface area contributed by atoms with Gasteiger partial charge in [-0.3, -0.25) is 19.7 Å². The van der Waals surface area contributed by atoms with E-state index < -0.39 is 46.1 Å². The number of nitriles is 1. The van der Waals surface area contributed by atoms with Gasteiger partial charge < -0.3 is 20.6 Å². The number of phenolic OH excluding ortho intramolecular Hbond substituents is 2. The second-order valence-corrected chi connectivity index (χ2v) is 3.91. The molecule has 0 aliphatic rings. The Bertz CT molecular complexity index is 718. The Kier molecular flexibility index (Phi) is 5.01. The number of carboxylic acids is 1. The molecular formula is C12H9N3O7. The summed E-state index contributed by atoms with van der Waals surface area (Å²) in [6.07, 6.45) is 0.906. The number of aliphatic carboxylic acids is 1. The number of nitro benzene ring substituents is 1. The van der Waals surface area contributed by atoms with Crippen molar-refractivity contribution in [1.29, 1.82) is 5.26 Å². The fraction of sp³-hybridized carbons (Fsp3) is 0.0833. The Morgan fingerprint density at radius 2 is 2.05 bits per heavy atom. The van der Waals surface area contributed by atoms with Crippen LogP contribution in [0.2, 0.25) is 0 Å². The molecule has 22 heavy (non-hydrogen) atoms. The van der Waals surface area contributed by atoms with Crippen molar-refractivity contribution in [1.82, 2.24) is 5.32 Å². The molecule has 10 nitrogen and oxygen atoms in total. The molecule has 1 aromatic rings. The molecule has 0 bridgehead atoms. The zero-order valence-electron chi connectivity index (χ0n) is 10.8. The quantitative estimate of drug-likeness (QED) is 0.195. The first-order valence-corrected chi connectivity index (χ1v) is 5.58. The molecule has 0 aliphatic heterocycles. The fourth-order valence-electron chi connectivity index (χ4n) is 1.41. The molecule has 0 saturated carbocycles. The third kappa shape index (κ3) is 3.94. The number of nitro groups is 1. The van der Waals surface area contributed by atoms with Crippen molar-refractivity contribution >= 4 is 23.6 Å². The summed E-state index contributed by atoms with van der Waals surface area (Å²) >= 11 is 0. The fourth-order valence-corrected chi connectivity index (χ4v) is 1.41. The minimum absolute atomic E-state index is 0.0935. The molecular weight excluding hydrogens is 298 g/mol. The van der Waals surface area contributed by atoms with Gasteiger partial charge in [0.05, 0.1) is 4.92 Å². The van der Waals surface area contributed by atoms with Gasteiger partial charge in [-0.05, 0) is 17.7 Å². The van der Waals surface area contributed by atoms with Crippen LogP contribution in [0.4, 0.5) is 5.69 Å². The van der Waals surface area contributed by atoms with Gasteiger partial charge in [-0.15, -0.1) is 0 Å². The van der Waals surface area contributed by atoms with Crippen LogP contribution in [0.5, 0.6) is 11.5 Å². The SMILES string of the molecule is N#C/C(=C\c1cc(O)c(O)c([N+](=O)[O-])c1)C(=O)NCC(=O)O. The molecule has 0 atom stereocenters. The van der Waals surface area contributed by atoms with E-state index in [0.717, 1.165) is 18.2 Å². The standard InChI is InChI=1S/C12H9N3O7/c13-4-7(12(20)14-5-10(17)18)1-6-2-8(15(21)22)11(19)9(16)3-6/h1-3,16,19H,5H2,(H,14,20)(H,17,18)/b7-1+. The van der Waals surface area contributed by atoms with Crippen molar-refractivity contribution in [2.75, 3.05) is 6.54 Å². The number of carbonyl (C=O) groups is 2. The number of hydrogen-bond donors (Lipinski definition) is 4. The summed E-state index contributed by atoms with van der Waals surface area (Å²) in [6.45, 7) is -0.709. The Labute approximate surface area is 122 Å². The van der Waals surface area contributed by atoms with Gasteiger partial charge in [-0.2, -0.15) is 5.26 Å². The van der Waals surface area contributed by atoms with Crippen LogP contribution < -0.4 is 5.32 Å². The summed E-state index contributed by atoms with van der Waals surface area (Å²) in [5.41, 5.74) is -1.43. The van der Waals surface area contributed by atoms with E-state index in [1.807, 2.05) is 5.32 Å². The van der Waals surface area contributed by atoms with Crippen molar-refractivity contribution in [2.45, 2.75) is 0 Å². The van der Waals surface area contributed by atoms with E-state index >= 15 is 0 Å². The number of nitrogens with zero attached hydrogens (tertiary/aromatic N) is 2. The van der Waals surface area contributed by atoms with E-state index in [-0.39, 0.29) is 5.56 Å². The van der Waals surface area contributed by atoms with Crippen LogP contribution in [-0.2, 0) is 9.59 Å². The number of benzene rings is 1. The number of carbonyl (C=O) groups excluding carboxylic acids is 1. The van der Waals surface area contributed by atoms with Crippen LogP contribution >= 0.6 is 0 Å². The van der Waals surface area contributed by atoms with Gasteiger partial charge in [0.25, 0.3) is 5.91 Å². The molecule has 1 aromatic carbocycles. The van der Waals surface area contributed by atoms with Crippen LogP contribution in [0.1, 0.15) is 5.56 Å². The molecule has 0 aromatic heterocycles. The number of carboxylic acid groups (broad SMARTS) is 1. The third-order valence-corrected chi connectivity index (χ3v) is 2.36. The summed E-state index contributed by atoms with van der Waals surface area (Å²) < 4.78 is 0. The van der Waals surface area contributed by atoms with Gasteiger partial charge in [0.1, 0.15) is 18.2 Å². The highest BCUT2D eigenvalue weighted by atomic mass is 16.6. The number of aromatic hydroxyl groups is 2. The molecule has 114 valence electrons. The predicted octanol–water partition coefficient (Wildman–Crippen LogP) is 0.114. The Hall–Kier alpha value is -3.61. The molecule has 0 radical (unpaired) electrons. The van der Waals surface area contributed by atoms with Crippen LogP contribution in [0, 0.1) is 21.4 Å². The lowest BCUT2D eigenvalue weighted by molar-refractivity contribution is -0.386. The zero-order chi connectivity index (χ0) is 16.9. The lowest BCUT2D eigenvalue weighted by Gasteiger charge is -2.03. The first kappa shape index (κ1) is 16.4. The second kappa shape index (κ2) is 6.71. The van der Waals surface area contributed by atoms with E-state index in [1.165, 1.54) is 6.07 Å². The van der Waals surface area contributed by atoms with Gasteiger partial charge in [-0.25, -0.2) is 0 Å². The van der Waals surface area contributed by atoms with E-state index in [0.29, 0.717) is 0 Å². The van der Waals surface area contributed by atoms with Crippen LogP contribution in [0.3, 0.4) is 0 Å². The van der Waals surface area contributed by atoms with Crippen LogP contribution in [0.25, 0.3) is 6.08 Å². The molecule has 0 heterocycles. The molecule has 10 heteroatoms. The van der Waals surface area contributed by atoms with E-state index in [1.54, 1.807) is 0 Å². The Balaban J connectivity index is 3.19. The van der Waals surface area contributed by atoms with Crippen molar-refractivity contribution in [3.05, 3.63) is 33.4 Å². The third-order valence-electron chi connectivity index (χ3n) is 2.36. The maximum Gasteiger partial charge on any atom is 0.322 e. The van der Waals surface area contributed by atoms with E-state index in [9.17, 15) is 29.9 Å². The number of hydrogen-bond acceptors (Lipinski definition) is 7. The van der Waals surface area contributed by atoms with Crippen molar-refractivity contribution in [3.8, 4) is 17.6 Å². The predicted molar refractivity (Wildman–Crippen MR) is 70.7 cm³/mol. The molecule has 0 fully saturated rings. The first-order valence-electron chi connectivity index (χ1n) is 5.58. The summed E-state index contributed by atoms with van der Waals surface area (Å²) in [5, 5.41) is 48.6. The highest BCUT2D eigenvalue weighted by Gasteiger charge is 2.19. The van der Waals surface area contributed by atoms with Gasteiger partial charge in [-0.1, -0.05) is 0 Å². The van der Waals surface area contributed by atoms with Crippen LogP contribution in [0.15, 0.2) is 17.7 Å². The first-order chi connectivity index (χ1) is 10.3. The number of amides is 1. The lowest BCUT2D eigenvalue weighted by atomic mass is 10.1. The minimum Gasteiger partial charge on any atom is -0.504 e. The summed E-state index contributed by atoms with van der Waals surface area (Å²) in [4.78, 5) is 31.6. The molecule has 0 aliphatic carbocycles. The summed E-state index contributed by atoms with van der Waals surface area (Å²) in [5.74, 6) is -4.07. The molecule has 4 N–H and O–H groups in total. The molecule has 1 rings (SSSR count). The Morgan fingerprint density at radius 3 is 2.55 bits per heavy atom. The minimum atomic E-state index is -1.32. The molecule has 0 spiro atoms. The maximum atomic E-state index is 11.5. The van der Waals surface area contributed by atoms with Crippen molar-refractivity contribution in [2.24, 2.45) is 0 Å². The largest absolute Gasteiger partial charge is 0.504 e. The molecule has 1 amide bonds. The van der Waals surface area contributed by atoms with Gasteiger partial charge in [0.15, 0.2) is 5.75 Å². The lowest BCUT2D eigenvalue weighted by Crippen LogP contribution is -2.30. The average Bonchev–Trinajstić information content (AvgIpc) is 2.45. The molecule has 0 saturated heterocycles. The topological polar surface area (TPSA) is 174 Å². The molecule has 0 unspecified atom stereocenters. The second-order valence-electron chi connectivity index (χ2n) is 3.91. The van der Waals surface area contributed by atoms with Crippen LogP contribution in [-0.4, -0.2) is 38.7 Å². The monoisotopic (exact) mass is 307 g/mol. The number of nitrogens with one attached hydrogen (secondary N) is 1. The smallest absolute Gasteiger partial charge is 0.322 e. The van der Waals surface area contributed by atoms with E-state index in [4.69, 9.17) is 10.4 Å². The van der Waals surface area contributed by atoms with Crippen molar-refractivity contribution < 1.29 is 29.8 Å². The number of phenols is 2. The Morgan fingerprint density at radius 1 is 1.41 bits per heavy atom. The number of rotatable bonds is 5. The summed E-state index contributed by atoms with van der Waals surface area (Å²) in [6, 6.07) is 3.25. The van der Waals surface area contributed by atoms with Gasteiger partial charge in [0.2, 0.25) is 5.75 Å².